The van der Waals surface area contributed by atoms with Crippen LogP contribution < -0.4 is 9.80 Å². The first-order valence-electron chi connectivity index (χ1n) is 11.0. The topological polar surface area (TPSA) is 60.9 Å². The van der Waals surface area contributed by atoms with E-state index in [1.807, 2.05) is 26.0 Å². The van der Waals surface area contributed by atoms with E-state index in [2.05, 4.69) is 4.90 Å². The molecule has 1 aliphatic heterocycles. The third-order valence-corrected chi connectivity index (χ3v) is 6.00. The van der Waals surface area contributed by atoms with Crippen LogP contribution in [0.4, 0.5) is 20.2 Å². The van der Waals surface area contributed by atoms with Crippen molar-refractivity contribution in [2.75, 3.05) is 22.9 Å². The molecular weight excluding hydrogens is 438 g/mol. The number of aliphatic hydroxyl groups excluding tert-OH is 1. The van der Waals surface area contributed by atoms with Crippen molar-refractivity contribution < 1.29 is 23.5 Å². The quantitative estimate of drug-likeness (QED) is 0.301. The van der Waals surface area contributed by atoms with Crippen LogP contribution in [0.1, 0.15) is 31.0 Å². The summed E-state index contributed by atoms with van der Waals surface area (Å²) in [5.74, 6) is -4.08. The van der Waals surface area contributed by atoms with Crippen LogP contribution in [0, 0.1) is 11.6 Å². The maximum absolute atomic E-state index is 14.8. The fourth-order valence-corrected chi connectivity index (χ4v) is 4.28. The van der Waals surface area contributed by atoms with Crippen LogP contribution >= 0.6 is 0 Å². The molecule has 174 valence electrons. The van der Waals surface area contributed by atoms with Crippen LogP contribution in [0.5, 0.6) is 0 Å². The predicted molar refractivity (Wildman–Crippen MR) is 128 cm³/mol. The maximum atomic E-state index is 14.8. The van der Waals surface area contributed by atoms with Crippen LogP contribution in [0.2, 0.25) is 0 Å². The minimum Gasteiger partial charge on any atom is -0.507 e. The van der Waals surface area contributed by atoms with Gasteiger partial charge < -0.3 is 10.0 Å². The predicted octanol–water partition coefficient (Wildman–Crippen LogP) is 5.44. The van der Waals surface area contributed by atoms with Gasteiger partial charge in [-0.15, -0.1) is 0 Å². The van der Waals surface area contributed by atoms with Gasteiger partial charge in [0.05, 0.1) is 17.3 Å². The molecule has 1 fully saturated rings. The van der Waals surface area contributed by atoms with Crippen LogP contribution in [0.25, 0.3) is 5.76 Å². The molecule has 0 saturated carbocycles. The van der Waals surface area contributed by atoms with E-state index in [4.69, 9.17) is 0 Å². The van der Waals surface area contributed by atoms with Gasteiger partial charge in [-0.3, -0.25) is 14.5 Å². The number of aliphatic hydroxyl groups is 1. The molecule has 7 heteroatoms. The lowest BCUT2D eigenvalue weighted by Gasteiger charge is -2.27. The van der Waals surface area contributed by atoms with Gasteiger partial charge in [0.15, 0.2) is 0 Å². The molecule has 34 heavy (non-hydrogen) atoms. The first-order valence-corrected chi connectivity index (χ1v) is 11.0. The monoisotopic (exact) mass is 462 g/mol. The summed E-state index contributed by atoms with van der Waals surface area (Å²) in [5, 5.41) is 11.1. The first-order chi connectivity index (χ1) is 16.4. The number of ketones is 1. The molecule has 1 atom stereocenters. The smallest absolute Gasteiger partial charge is 0.300 e. The van der Waals surface area contributed by atoms with Gasteiger partial charge in [-0.2, -0.15) is 0 Å². The first kappa shape index (κ1) is 23.2. The SMILES string of the molecule is CCN(CC)c1ccc(C2/C(=C(\O)c3ccccc3)C(=O)C(=O)N2c2ccc(F)cc2F)cc1. The zero-order chi connectivity index (χ0) is 24.4. The Hall–Kier alpha value is -4.00. The summed E-state index contributed by atoms with van der Waals surface area (Å²) in [6.07, 6.45) is 0. The minimum absolute atomic E-state index is 0.157. The summed E-state index contributed by atoms with van der Waals surface area (Å²) in [5.41, 5.74) is 1.41. The molecule has 1 amide bonds. The normalized spacial score (nSPS) is 17.3. The van der Waals surface area contributed by atoms with Crippen LogP contribution in [0.15, 0.2) is 78.4 Å². The van der Waals surface area contributed by atoms with E-state index in [0.717, 1.165) is 35.8 Å². The number of hydrogen-bond acceptors (Lipinski definition) is 4. The van der Waals surface area contributed by atoms with E-state index in [-0.39, 0.29) is 17.0 Å². The third kappa shape index (κ3) is 4.05. The Morgan fingerprint density at radius 3 is 2.18 bits per heavy atom. The number of hydrogen-bond donors (Lipinski definition) is 1. The molecular formula is C27H24F2N2O3. The molecule has 0 aromatic heterocycles. The van der Waals surface area contributed by atoms with Crippen molar-refractivity contribution in [3.8, 4) is 0 Å². The highest BCUT2D eigenvalue weighted by Gasteiger charge is 2.47. The fourth-order valence-electron chi connectivity index (χ4n) is 4.28. The van der Waals surface area contributed by atoms with Gasteiger partial charge >= 0.3 is 0 Å². The lowest BCUT2D eigenvalue weighted by Crippen LogP contribution is -2.30. The molecule has 0 radical (unpaired) electrons. The summed E-state index contributed by atoms with van der Waals surface area (Å²) >= 11 is 0. The summed E-state index contributed by atoms with van der Waals surface area (Å²) in [7, 11) is 0. The molecule has 1 unspecified atom stereocenters. The van der Waals surface area contributed by atoms with Crippen molar-refractivity contribution in [1.29, 1.82) is 0 Å². The standard InChI is InChI=1S/C27H24F2N2O3/c1-3-30(4-2)20-13-10-17(11-14-20)24-23(25(32)18-8-6-5-7-9-18)26(33)27(34)31(24)22-15-12-19(28)16-21(22)29/h5-16,24,32H,3-4H2,1-2H3/b25-23+. The lowest BCUT2D eigenvalue weighted by atomic mass is 9.95. The van der Waals surface area contributed by atoms with E-state index in [1.165, 1.54) is 0 Å². The van der Waals surface area contributed by atoms with E-state index in [0.29, 0.717) is 17.2 Å². The Kier molecular flexibility index (Phi) is 6.45. The number of carbonyl (C=O) groups excluding carboxylic acids is 2. The fraction of sp³-hybridized carbons (Fsp3) is 0.185. The van der Waals surface area contributed by atoms with Crippen molar-refractivity contribution in [3.05, 3.63) is 101 Å². The highest BCUT2D eigenvalue weighted by atomic mass is 19.1. The number of Topliss-reactive ketones (excluding diaryl/α,β-unsaturated/α-hetero) is 1. The van der Waals surface area contributed by atoms with Crippen molar-refractivity contribution in [3.63, 3.8) is 0 Å². The van der Waals surface area contributed by atoms with Gasteiger partial charge in [-0.05, 0) is 43.7 Å². The van der Waals surface area contributed by atoms with Gasteiger partial charge in [-0.25, -0.2) is 8.78 Å². The molecule has 1 heterocycles. The summed E-state index contributed by atoms with van der Waals surface area (Å²) < 4.78 is 28.4. The van der Waals surface area contributed by atoms with E-state index in [9.17, 15) is 23.5 Å². The number of anilines is 2. The number of halogens is 2. The molecule has 3 aromatic carbocycles. The van der Waals surface area contributed by atoms with Crippen LogP contribution in [-0.2, 0) is 9.59 Å². The van der Waals surface area contributed by atoms with Gasteiger partial charge in [-0.1, -0.05) is 42.5 Å². The molecule has 3 aromatic rings. The van der Waals surface area contributed by atoms with E-state index >= 15 is 0 Å². The Balaban J connectivity index is 1.91. The molecule has 0 spiro atoms. The average molecular weight is 462 g/mol. The number of carbonyl (C=O) groups is 2. The molecule has 0 bridgehead atoms. The van der Waals surface area contributed by atoms with Crippen LogP contribution in [-0.4, -0.2) is 29.9 Å². The number of rotatable bonds is 6. The number of nitrogens with zero attached hydrogens (tertiary/aromatic N) is 2. The average Bonchev–Trinajstić information content (AvgIpc) is 3.11. The Labute approximate surface area is 196 Å². The summed E-state index contributed by atoms with van der Waals surface area (Å²) in [6, 6.07) is 17.3. The van der Waals surface area contributed by atoms with Crippen molar-refractivity contribution in [2.24, 2.45) is 0 Å². The number of benzene rings is 3. The Morgan fingerprint density at radius 1 is 0.941 bits per heavy atom. The Morgan fingerprint density at radius 2 is 1.59 bits per heavy atom. The van der Waals surface area contributed by atoms with Gasteiger partial charge in [0.25, 0.3) is 11.7 Å². The third-order valence-electron chi connectivity index (χ3n) is 6.00. The zero-order valence-electron chi connectivity index (χ0n) is 18.8. The van der Waals surface area contributed by atoms with Crippen molar-refractivity contribution in [1.82, 2.24) is 0 Å². The van der Waals surface area contributed by atoms with Gasteiger partial charge in [0.1, 0.15) is 17.4 Å². The molecule has 1 saturated heterocycles. The summed E-state index contributed by atoms with van der Waals surface area (Å²) in [4.78, 5) is 29.3. The van der Waals surface area contributed by atoms with Crippen molar-refractivity contribution >= 4 is 28.8 Å². The largest absolute Gasteiger partial charge is 0.507 e. The highest BCUT2D eigenvalue weighted by molar-refractivity contribution is 6.51. The molecule has 5 nitrogen and oxygen atoms in total. The Bertz CT molecular complexity index is 1250. The van der Waals surface area contributed by atoms with Crippen molar-refractivity contribution in [2.45, 2.75) is 19.9 Å². The second-order valence-electron chi connectivity index (χ2n) is 7.89. The zero-order valence-corrected chi connectivity index (χ0v) is 18.8. The summed E-state index contributed by atoms with van der Waals surface area (Å²) in [6.45, 7) is 5.65. The molecule has 4 rings (SSSR count). The van der Waals surface area contributed by atoms with Gasteiger partial charge in [0.2, 0.25) is 0 Å². The molecule has 1 aliphatic rings. The molecule has 1 N–H and O–H groups in total. The van der Waals surface area contributed by atoms with E-state index in [1.54, 1.807) is 42.5 Å². The maximum Gasteiger partial charge on any atom is 0.300 e. The van der Waals surface area contributed by atoms with E-state index < -0.39 is 29.4 Å². The second-order valence-corrected chi connectivity index (χ2v) is 7.89. The molecule has 0 aliphatic carbocycles. The lowest BCUT2D eigenvalue weighted by molar-refractivity contribution is -0.132. The van der Waals surface area contributed by atoms with Crippen LogP contribution in [0.3, 0.4) is 0 Å². The second kappa shape index (κ2) is 9.47. The number of amides is 1. The highest BCUT2D eigenvalue weighted by Crippen LogP contribution is 2.43. The van der Waals surface area contributed by atoms with Gasteiger partial charge in [0, 0.05) is 30.4 Å². The minimum atomic E-state index is -1.09.